The van der Waals surface area contributed by atoms with Crippen LogP contribution >= 0.6 is 0 Å². The second kappa shape index (κ2) is 4.43. The molecule has 2 rings (SSSR count). The third-order valence-electron chi connectivity index (χ3n) is 4.04. The largest absolute Gasteiger partial charge is 0.393 e. The minimum absolute atomic E-state index is 0.128. The van der Waals surface area contributed by atoms with E-state index in [0.717, 1.165) is 19.4 Å². The molecule has 0 aromatic heterocycles. The Bertz CT molecular complexity index is 271. The first kappa shape index (κ1) is 13.1. The first-order valence-electron chi connectivity index (χ1n) is 6.37. The Labute approximate surface area is 100 Å². The van der Waals surface area contributed by atoms with Crippen LogP contribution in [0.5, 0.6) is 0 Å². The van der Waals surface area contributed by atoms with Crippen LogP contribution in [0.1, 0.15) is 32.6 Å². The SMILES string of the molecule is CC(N)(CN1CCCC(C(F)(F)F)C1)C1CC1. The van der Waals surface area contributed by atoms with Gasteiger partial charge in [0.1, 0.15) is 0 Å². The number of hydrogen-bond donors (Lipinski definition) is 1. The van der Waals surface area contributed by atoms with Crippen molar-refractivity contribution in [2.24, 2.45) is 17.6 Å². The fourth-order valence-electron chi connectivity index (χ4n) is 2.82. The van der Waals surface area contributed by atoms with Crippen molar-refractivity contribution in [1.29, 1.82) is 0 Å². The van der Waals surface area contributed by atoms with Gasteiger partial charge in [0.2, 0.25) is 0 Å². The molecule has 2 unspecified atom stereocenters. The van der Waals surface area contributed by atoms with Gasteiger partial charge in [0, 0.05) is 18.6 Å². The van der Waals surface area contributed by atoms with Crippen molar-refractivity contribution in [1.82, 2.24) is 4.90 Å². The van der Waals surface area contributed by atoms with Crippen molar-refractivity contribution in [2.75, 3.05) is 19.6 Å². The zero-order chi connectivity index (χ0) is 12.7. The van der Waals surface area contributed by atoms with Crippen LogP contribution in [0.25, 0.3) is 0 Å². The maximum atomic E-state index is 12.7. The van der Waals surface area contributed by atoms with E-state index >= 15 is 0 Å². The Morgan fingerprint density at radius 1 is 1.18 bits per heavy atom. The predicted molar refractivity (Wildman–Crippen MR) is 60.5 cm³/mol. The van der Waals surface area contributed by atoms with Crippen molar-refractivity contribution in [3.05, 3.63) is 0 Å². The highest BCUT2D eigenvalue weighted by Crippen LogP contribution is 2.39. The summed E-state index contributed by atoms with van der Waals surface area (Å²) in [5, 5.41) is 0. The molecule has 0 spiro atoms. The smallest absolute Gasteiger partial charge is 0.324 e. The minimum atomic E-state index is -4.05. The lowest BCUT2D eigenvalue weighted by Gasteiger charge is -2.38. The van der Waals surface area contributed by atoms with E-state index < -0.39 is 12.1 Å². The van der Waals surface area contributed by atoms with E-state index in [9.17, 15) is 13.2 Å². The number of nitrogens with zero attached hydrogens (tertiary/aromatic N) is 1. The Kier molecular flexibility index (Phi) is 3.42. The molecule has 2 nitrogen and oxygen atoms in total. The van der Waals surface area contributed by atoms with E-state index in [-0.39, 0.29) is 18.5 Å². The number of rotatable bonds is 3. The van der Waals surface area contributed by atoms with Gasteiger partial charge in [-0.2, -0.15) is 13.2 Å². The molecular formula is C12H21F3N2. The Hall–Kier alpha value is -0.290. The molecule has 0 aromatic rings. The molecule has 2 atom stereocenters. The van der Waals surface area contributed by atoms with Crippen molar-refractivity contribution in [2.45, 2.75) is 44.3 Å². The number of piperidine rings is 1. The zero-order valence-electron chi connectivity index (χ0n) is 10.3. The fourth-order valence-corrected chi connectivity index (χ4v) is 2.82. The zero-order valence-corrected chi connectivity index (χ0v) is 10.3. The molecule has 0 bridgehead atoms. The van der Waals surface area contributed by atoms with Crippen molar-refractivity contribution in [3.8, 4) is 0 Å². The van der Waals surface area contributed by atoms with Crippen LogP contribution < -0.4 is 5.73 Å². The highest BCUT2D eigenvalue weighted by atomic mass is 19.4. The van der Waals surface area contributed by atoms with Crippen LogP contribution in [-0.2, 0) is 0 Å². The molecule has 0 amide bonds. The monoisotopic (exact) mass is 250 g/mol. The van der Waals surface area contributed by atoms with E-state index in [1.165, 1.54) is 0 Å². The number of likely N-dealkylation sites (tertiary alicyclic amines) is 1. The van der Waals surface area contributed by atoms with Crippen molar-refractivity contribution in [3.63, 3.8) is 0 Å². The molecule has 0 radical (unpaired) electrons. The molecule has 0 aromatic carbocycles. The van der Waals surface area contributed by atoms with E-state index in [2.05, 4.69) is 0 Å². The van der Waals surface area contributed by atoms with Crippen LogP contribution in [0.2, 0.25) is 0 Å². The molecule has 1 saturated heterocycles. The first-order chi connectivity index (χ1) is 7.79. The first-order valence-corrected chi connectivity index (χ1v) is 6.37. The van der Waals surface area contributed by atoms with Gasteiger partial charge in [-0.15, -0.1) is 0 Å². The highest BCUT2D eigenvalue weighted by Gasteiger charge is 2.44. The molecule has 1 saturated carbocycles. The van der Waals surface area contributed by atoms with Gasteiger partial charge in [0.15, 0.2) is 0 Å². The minimum Gasteiger partial charge on any atom is -0.324 e. The summed E-state index contributed by atoms with van der Waals surface area (Å²) in [5.74, 6) is -0.653. The highest BCUT2D eigenvalue weighted by molar-refractivity contribution is 4.98. The van der Waals surface area contributed by atoms with Gasteiger partial charge in [-0.1, -0.05) is 0 Å². The summed E-state index contributed by atoms with van der Waals surface area (Å²) in [7, 11) is 0. The van der Waals surface area contributed by atoms with E-state index in [0.29, 0.717) is 18.9 Å². The van der Waals surface area contributed by atoms with Crippen molar-refractivity contribution >= 4 is 0 Å². The summed E-state index contributed by atoms with van der Waals surface area (Å²) < 4.78 is 38.0. The molecular weight excluding hydrogens is 229 g/mol. The third-order valence-corrected chi connectivity index (χ3v) is 4.04. The average molecular weight is 250 g/mol. The fraction of sp³-hybridized carbons (Fsp3) is 1.00. The molecule has 5 heteroatoms. The van der Waals surface area contributed by atoms with Gasteiger partial charge >= 0.3 is 6.18 Å². The number of nitrogens with two attached hydrogens (primary N) is 1. The topological polar surface area (TPSA) is 29.3 Å². The predicted octanol–water partition coefficient (Wildman–Crippen LogP) is 2.39. The van der Waals surface area contributed by atoms with Crippen LogP contribution in [0.15, 0.2) is 0 Å². The molecule has 1 aliphatic heterocycles. The van der Waals surface area contributed by atoms with Gasteiger partial charge in [-0.05, 0) is 45.1 Å². The van der Waals surface area contributed by atoms with Gasteiger partial charge in [0.25, 0.3) is 0 Å². The normalized spacial score (nSPS) is 31.2. The molecule has 1 heterocycles. The number of halogens is 3. The van der Waals surface area contributed by atoms with Crippen LogP contribution in [0.4, 0.5) is 13.2 Å². The summed E-state index contributed by atoms with van der Waals surface area (Å²) in [5.41, 5.74) is 5.87. The van der Waals surface area contributed by atoms with Gasteiger partial charge in [-0.3, -0.25) is 0 Å². The lowest BCUT2D eigenvalue weighted by atomic mass is 9.92. The summed E-state index contributed by atoms with van der Waals surface area (Å²) in [4.78, 5) is 1.90. The molecule has 2 fully saturated rings. The standard InChI is InChI=1S/C12H21F3N2/c1-11(16,9-4-5-9)8-17-6-2-3-10(7-17)12(13,14)15/h9-10H,2-8,16H2,1H3. The second-order valence-electron chi connectivity index (χ2n) is 5.90. The molecule has 17 heavy (non-hydrogen) atoms. The maximum Gasteiger partial charge on any atom is 0.393 e. The number of hydrogen-bond acceptors (Lipinski definition) is 2. The average Bonchev–Trinajstić information content (AvgIpc) is 2.99. The van der Waals surface area contributed by atoms with Gasteiger partial charge in [-0.25, -0.2) is 0 Å². The quantitative estimate of drug-likeness (QED) is 0.833. The molecule has 2 aliphatic rings. The lowest BCUT2D eigenvalue weighted by molar-refractivity contribution is -0.187. The molecule has 100 valence electrons. The summed E-state index contributed by atoms with van der Waals surface area (Å²) in [6.07, 6.45) is -0.897. The summed E-state index contributed by atoms with van der Waals surface area (Å²) in [6, 6.07) is 0. The second-order valence-corrected chi connectivity index (χ2v) is 5.90. The van der Waals surface area contributed by atoms with Crippen LogP contribution in [0.3, 0.4) is 0 Å². The molecule has 2 N–H and O–H groups in total. The number of alkyl halides is 3. The van der Waals surface area contributed by atoms with Gasteiger partial charge < -0.3 is 10.6 Å². The van der Waals surface area contributed by atoms with Crippen LogP contribution in [0, 0.1) is 11.8 Å². The van der Waals surface area contributed by atoms with Crippen LogP contribution in [-0.4, -0.2) is 36.2 Å². The summed E-state index contributed by atoms with van der Waals surface area (Å²) in [6.45, 7) is 3.46. The Balaban J connectivity index is 1.89. The van der Waals surface area contributed by atoms with E-state index in [4.69, 9.17) is 5.73 Å². The van der Waals surface area contributed by atoms with Gasteiger partial charge in [0.05, 0.1) is 5.92 Å². The third kappa shape index (κ3) is 3.35. The van der Waals surface area contributed by atoms with E-state index in [1.807, 2.05) is 11.8 Å². The molecule has 1 aliphatic carbocycles. The summed E-state index contributed by atoms with van der Waals surface area (Å²) >= 11 is 0. The maximum absolute atomic E-state index is 12.7. The van der Waals surface area contributed by atoms with Crippen molar-refractivity contribution < 1.29 is 13.2 Å². The Morgan fingerprint density at radius 3 is 2.35 bits per heavy atom. The lowest BCUT2D eigenvalue weighted by Crippen LogP contribution is -2.53. The van der Waals surface area contributed by atoms with E-state index in [1.54, 1.807) is 0 Å². The Morgan fingerprint density at radius 2 is 1.82 bits per heavy atom.